The third-order valence-corrected chi connectivity index (χ3v) is 4.73. The predicted octanol–water partition coefficient (Wildman–Crippen LogP) is 5.05. The fourth-order valence-corrected chi connectivity index (χ4v) is 2.98. The predicted molar refractivity (Wildman–Crippen MR) is 112 cm³/mol. The fraction of sp³-hybridized carbons (Fsp3) is 0.208. The molecule has 3 rings (SSSR count). The Morgan fingerprint density at radius 3 is 1.96 bits per heavy atom. The average Bonchev–Trinajstić information content (AvgIpc) is 2.72. The maximum atomic E-state index is 12.8. The molecule has 4 nitrogen and oxygen atoms in total. The molecule has 0 heterocycles. The Hall–Kier alpha value is -3.27. The minimum Gasteiger partial charge on any atom is -0.473 e. The number of benzene rings is 3. The van der Waals surface area contributed by atoms with E-state index in [0.717, 1.165) is 22.4 Å². The number of carbonyl (C=O) groups excluding carboxylic acids is 1. The number of hydrogen-bond acceptors (Lipinski definition) is 2. The average molecular weight is 374 g/mol. The largest absolute Gasteiger partial charge is 0.473 e. The summed E-state index contributed by atoms with van der Waals surface area (Å²) in [6, 6.07) is 25.7. The van der Waals surface area contributed by atoms with Gasteiger partial charge in [0.2, 0.25) is 0 Å². The normalized spacial score (nSPS) is 10.4. The molecule has 0 unspecified atom stereocenters. The second-order valence-corrected chi connectivity index (χ2v) is 6.80. The standard InChI is InChI=1S/C24H26N2O2/c1-19-10-9-15-23(20(19)2)28-18-25-24(27)26(16-21-11-5-3-6-12-21)17-22-13-7-4-8-14-22/h3-15H,16-18H2,1-2H3,(H,25,27). The number of rotatable bonds is 7. The van der Waals surface area contributed by atoms with E-state index in [1.165, 1.54) is 5.56 Å². The molecule has 0 spiro atoms. The lowest BCUT2D eigenvalue weighted by atomic mass is 10.1. The lowest BCUT2D eigenvalue weighted by molar-refractivity contribution is 0.179. The smallest absolute Gasteiger partial charge is 0.320 e. The van der Waals surface area contributed by atoms with Crippen LogP contribution in [0.4, 0.5) is 4.79 Å². The van der Waals surface area contributed by atoms with Gasteiger partial charge < -0.3 is 15.0 Å². The van der Waals surface area contributed by atoms with Gasteiger partial charge in [-0.2, -0.15) is 0 Å². The van der Waals surface area contributed by atoms with Gasteiger partial charge in [-0.25, -0.2) is 4.79 Å². The van der Waals surface area contributed by atoms with Crippen LogP contribution in [0.5, 0.6) is 5.75 Å². The van der Waals surface area contributed by atoms with Crippen molar-refractivity contribution in [3.63, 3.8) is 0 Å². The molecule has 0 saturated carbocycles. The lowest BCUT2D eigenvalue weighted by Gasteiger charge is -2.24. The molecule has 0 atom stereocenters. The molecule has 0 radical (unpaired) electrons. The van der Waals surface area contributed by atoms with E-state index < -0.39 is 0 Å². The first kappa shape index (κ1) is 19.5. The summed E-state index contributed by atoms with van der Waals surface area (Å²) in [5.74, 6) is 0.790. The molecule has 144 valence electrons. The van der Waals surface area contributed by atoms with Crippen molar-refractivity contribution in [3.8, 4) is 5.75 Å². The molecule has 0 saturated heterocycles. The molecular formula is C24H26N2O2. The first-order valence-corrected chi connectivity index (χ1v) is 9.43. The van der Waals surface area contributed by atoms with E-state index in [1.807, 2.05) is 92.7 Å². The van der Waals surface area contributed by atoms with Crippen molar-refractivity contribution in [2.45, 2.75) is 26.9 Å². The highest BCUT2D eigenvalue weighted by Crippen LogP contribution is 2.20. The summed E-state index contributed by atoms with van der Waals surface area (Å²) in [6.07, 6.45) is 0. The zero-order valence-corrected chi connectivity index (χ0v) is 16.4. The van der Waals surface area contributed by atoms with Gasteiger partial charge in [-0.3, -0.25) is 0 Å². The molecule has 0 aromatic heterocycles. The number of hydrogen-bond donors (Lipinski definition) is 1. The summed E-state index contributed by atoms with van der Waals surface area (Å²) in [5, 5.41) is 2.88. The van der Waals surface area contributed by atoms with Gasteiger partial charge in [-0.1, -0.05) is 72.8 Å². The highest BCUT2D eigenvalue weighted by atomic mass is 16.5. The number of ether oxygens (including phenoxy) is 1. The van der Waals surface area contributed by atoms with Crippen LogP contribution >= 0.6 is 0 Å². The first-order valence-electron chi connectivity index (χ1n) is 9.43. The maximum absolute atomic E-state index is 12.8. The van der Waals surface area contributed by atoms with E-state index in [9.17, 15) is 4.79 Å². The number of nitrogens with zero attached hydrogens (tertiary/aromatic N) is 1. The highest BCUT2D eigenvalue weighted by Gasteiger charge is 2.14. The van der Waals surface area contributed by atoms with Gasteiger partial charge in [-0.05, 0) is 42.2 Å². The van der Waals surface area contributed by atoms with E-state index in [1.54, 1.807) is 4.90 Å². The molecule has 0 aliphatic rings. The summed E-state index contributed by atoms with van der Waals surface area (Å²) < 4.78 is 5.78. The lowest BCUT2D eigenvalue weighted by Crippen LogP contribution is -2.40. The van der Waals surface area contributed by atoms with Gasteiger partial charge in [0.1, 0.15) is 5.75 Å². The van der Waals surface area contributed by atoms with Crippen molar-refractivity contribution >= 4 is 6.03 Å². The van der Waals surface area contributed by atoms with E-state index in [4.69, 9.17) is 4.74 Å². The summed E-state index contributed by atoms with van der Waals surface area (Å²) in [5.41, 5.74) is 4.42. The topological polar surface area (TPSA) is 41.6 Å². The zero-order chi connectivity index (χ0) is 19.8. The molecule has 0 aliphatic heterocycles. The molecule has 2 amide bonds. The SMILES string of the molecule is Cc1cccc(OCNC(=O)N(Cc2ccccc2)Cc2ccccc2)c1C. The summed E-state index contributed by atoms with van der Waals surface area (Å²) in [6.45, 7) is 5.26. The number of aryl methyl sites for hydroxylation is 1. The molecule has 4 heteroatoms. The van der Waals surface area contributed by atoms with Crippen molar-refractivity contribution < 1.29 is 9.53 Å². The molecule has 0 bridgehead atoms. The molecule has 3 aromatic carbocycles. The molecular weight excluding hydrogens is 348 g/mol. The summed E-state index contributed by atoms with van der Waals surface area (Å²) in [7, 11) is 0. The van der Waals surface area contributed by atoms with E-state index >= 15 is 0 Å². The first-order chi connectivity index (χ1) is 13.6. The van der Waals surface area contributed by atoms with Gasteiger partial charge in [-0.15, -0.1) is 0 Å². The van der Waals surface area contributed by atoms with Crippen LogP contribution in [0.2, 0.25) is 0 Å². The number of amides is 2. The Bertz CT molecular complexity index is 853. The quantitative estimate of drug-likeness (QED) is 0.588. The van der Waals surface area contributed by atoms with Crippen LogP contribution in [0.25, 0.3) is 0 Å². The number of carbonyl (C=O) groups is 1. The van der Waals surface area contributed by atoms with Crippen molar-refractivity contribution in [1.29, 1.82) is 0 Å². The van der Waals surface area contributed by atoms with Gasteiger partial charge in [0.05, 0.1) is 0 Å². The molecule has 28 heavy (non-hydrogen) atoms. The molecule has 0 fully saturated rings. The van der Waals surface area contributed by atoms with Crippen LogP contribution in [0, 0.1) is 13.8 Å². The van der Waals surface area contributed by atoms with Crippen LogP contribution in [0.1, 0.15) is 22.3 Å². The Balaban J connectivity index is 1.64. The second-order valence-electron chi connectivity index (χ2n) is 6.80. The minimum absolute atomic E-state index is 0.128. The molecule has 0 aliphatic carbocycles. The van der Waals surface area contributed by atoms with Gasteiger partial charge in [0.15, 0.2) is 6.73 Å². The number of nitrogens with one attached hydrogen (secondary N) is 1. The van der Waals surface area contributed by atoms with Gasteiger partial charge >= 0.3 is 6.03 Å². The monoisotopic (exact) mass is 374 g/mol. The van der Waals surface area contributed by atoms with Crippen LogP contribution < -0.4 is 10.1 Å². The maximum Gasteiger partial charge on any atom is 0.320 e. The Morgan fingerprint density at radius 1 is 0.821 bits per heavy atom. The van der Waals surface area contributed by atoms with E-state index in [-0.39, 0.29) is 12.8 Å². The Morgan fingerprint density at radius 2 is 1.39 bits per heavy atom. The van der Waals surface area contributed by atoms with Gasteiger partial charge in [0.25, 0.3) is 0 Å². The van der Waals surface area contributed by atoms with Crippen LogP contribution in [0.15, 0.2) is 78.9 Å². The molecule has 3 aromatic rings. The van der Waals surface area contributed by atoms with Crippen LogP contribution in [-0.2, 0) is 13.1 Å². The molecule has 1 N–H and O–H groups in total. The summed E-state index contributed by atoms with van der Waals surface area (Å²) >= 11 is 0. The Kier molecular flexibility index (Phi) is 6.68. The van der Waals surface area contributed by atoms with Crippen molar-refractivity contribution in [3.05, 3.63) is 101 Å². The minimum atomic E-state index is -0.155. The van der Waals surface area contributed by atoms with Crippen LogP contribution in [0.3, 0.4) is 0 Å². The highest BCUT2D eigenvalue weighted by molar-refractivity contribution is 5.74. The van der Waals surface area contributed by atoms with Gasteiger partial charge in [0, 0.05) is 13.1 Å². The van der Waals surface area contributed by atoms with E-state index in [0.29, 0.717) is 13.1 Å². The number of urea groups is 1. The van der Waals surface area contributed by atoms with E-state index in [2.05, 4.69) is 5.32 Å². The van der Waals surface area contributed by atoms with Crippen molar-refractivity contribution in [2.24, 2.45) is 0 Å². The van der Waals surface area contributed by atoms with Crippen LogP contribution in [-0.4, -0.2) is 17.7 Å². The third kappa shape index (κ3) is 5.36. The Labute approximate surface area is 166 Å². The second kappa shape index (κ2) is 9.60. The fourth-order valence-electron chi connectivity index (χ4n) is 2.98. The summed E-state index contributed by atoms with van der Waals surface area (Å²) in [4.78, 5) is 14.6. The third-order valence-electron chi connectivity index (χ3n) is 4.73. The zero-order valence-electron chi connectivity index (χ0n) is 16.4. The van der Waals surface area contributed by atoms with Crippen molar-refractivity contribution in [1.82, 2.24) is 10.2 Å². The van der Waals surface area contributed by atoms with Crippen molar-refractivity contribution in [2.75, 3.05) is 6.73 Å².